The van der Waals surface area contributed by atoms with E-state index in [0.717, 1.165) is 30.6 Å². The summed E-state index contributed by atoms with van der Waals surface area (Å²) in [6.45, 7) is 10.8. The van der Waals surface area contributed by atoms with E-state index in [1.54, 1.807) is 0 Å². The number of rotatable bonds is 6. The van der Waals surface area contributed by atoms with Gasteiger partial charge in [-0.3, -0.25) is 14.8 Å². The van der Waals surface area contributed by atoms with Crippen LogP contribution in [0.4, 0.5) is 0 Å². The average Bonchev–Trinajstić information content (AvgIpc) is 3.46. The maximum Gasteiger partial charge on any atom is 0.191 e. The Morgan fingerprint density at radius 2 is 2.00 bits per heavy atom. The van der Waals surface area contributed by atoms with E-state index >= 15 is 0 Å². The van der Waals surface area contributed by atoms with Gasteiger partial charge in [-0.25, -0.2) is 0 Å². The third kappa shape index (κ3) is 5.08. The lowest BCUT2D eigenvalue weighted by Gasteiger charge is -2.47. The van der Waals surface area contributed by atoms with Crippen molar-refractivity contribution in [3.05, 3.63) is 34.9 Å². The summed E-state index contributed by atoms with van der Waals surface area (Å²) in [6, 6.07) is 8.89. The fourth-order valence-electron chi connectivity index (χ4n) is 4.21. The molecule has 150 valence electrons. The second kappa shape index (κ2) is 9.29. The van der Waals surface area contributed by atoms with E-state index in [0.29, 0.717) is 6.04 Å². The topological polar surface area (TPSA) is 42.9 Å². The number of piperazine rings is 3. The molecule has 0 aromatic heterocycles. The summed E-state index contributed by atoms with van der Waals surface area (Å²) in [5.41, 5.74) is 1.51. The molecule has 7 heteroatoms. The summed E-state index contributed by atoms with van der Waals surface area (Å²) in [7, 11) is 0. The predicted octanol–water partition coefficient (Wildman–Crippen LogP) is 2.54. The van der Waals surface area contributed by atoms with Gasteiger partial charge in [0.2, 0.25) is 0 Å². The fraction of sp³-hybridized carbons (Fsp3) is 0.650. The van der Waals surface area contributed by atoms with E-state index in [9.17, 15) is 0 Å². The molecule has 3 heterocycles. The summed E-state index contributed by atoms with van der Waals surface area (Å²) in [6.07, 6.45) is 2.39. The molecule has 1 saturated carbocycles. The summed E-state index contributed by atoms with van der Waals surface area (Å²) in [5.74, 6) is 0.943. The van der Waals surface area contributed by atoms with Crippen LogP contribution in [0.1, 0.15) is 25.3 Å². The molecular formula is C20H31ClIN5. The number of aliphatic imine (C=N–C) groups is 1. The molecule has 5 rings (SSSR count). The lowest BCUT2D eigenvalue weighted by molar-refractivity contribution is 0.0154. The van der Waals surface area contributed by atoms with Gasteiger partial charge < -0.3 is 10.6 Å². The molecule has 1 aromatic carbocycles. The van der Waals surface area contributed by atoms with Crippen molar-refractivity contribution in [2.45, 2.75) is 31.2 Å². The van der Waals surface area contributed by atoms with Crippen molar-refractivity contribution in [3.8, 4) is 0 Å². The van der Waals surface area contributed by atoms with Crippen molar-refractivity contribution in [3.63, 3.8) is 0 Å². The summed E-state index contributed by atoms with van der Waals surface area (Å²) in [4.78, 5) is 10.1. The first kappa shape index (κ1) is 21.1. The number of hydrogen-bond donors (Lipinski definition) is 2. The van der Waals surface area contributed by atoms with Crippen molar-refractivity contribution in [2.24, 2.45) is 4.99 Å². The van der Waals surface area contributed by atoms with E-state index in [2.05, 4.69) is 39.5 Å². The normalized spacial score (nSPS) is 28.4. The Hall–Kier alpha value is -0.570. The van der Waals surface area contributed by atoms with Gasteiger partial charge in [-0.2, -0.15) is 0 Å². The molecule has 2 bridgehead atoms. The van der Waals surface area contributed by atoms with E-state index < -0.39 is 0 Å². The van der Waals surface area contributed by atoms with E-state index in [-0.39, 0.29) is 29.4 Å². The Morgan fingerprint density at radius 3 is 2.59 bits per heavy atom. The zero-order valence-electron chi connectivity index (χ0n) is 16.1. The first-order valence-electron chi connectivity index (χ1n) is 9.93. The molecule has 4 fully saturated rings. The van der Waals surface area contributed by atoms with Crippen molar-refractivity contribution in [2.75, 3.05) is 52.4 Å². The standard InChI is InChI=1S/C20H30ClN5.HI/c1-2-22-19(23-13-18-14-25-8-10-26(18)11-9-25)24-15-20(6-7-20)16-4-3-5-17(21)12-16;/h3-5,12,18H,2,6-11,13-15H2,1H3,(H2,22,23,24);1H. The van der Waals surface area contributed by atoms with Gasteiger partial charge in [-0.15, -0.1) is 24.0 Å². The summed E-state index contributed by atoms with van der Waals surface area (Å²) < 4.78 is 0. The molecule has 4 aliphatic rings. The average molecular weight is 504 g/mol. The molecule has 3 aliphatic heterocycles. The van der Waals surface area contributed by atoms with Crippen LogP contribution < -0.4 is 10.6 Å². The number of guanidine groups is 1. The number of fused-ring (bicyclic) bond motifs is 3. The van der Waals surface area contributed by atoms with Crippen LogP contribution in [0, 0.1) is 0 Å². The van der Waals surface area contributed by atoms with Crippen LogP contribution in [0.25, 0.3) is 0 Å². The number of nitrogens with zero attached hydrogens (tertiary/aromatic N) is 3. The highest BCUT2D eigenvalue weighted by Crippen LogP contribution is 2.48. The van der Waals surface area contributed by atoms with Crippen LogP contribution in [-0.4, -0.2) is 74.2 Å². The second-order valence-corrected chi connectivity index (χ2v) is 8.29. The molecular weight excluding hydrogens is 473 g/mol. The van der Waals surface area contributed by atoms with Gasteiger partial charge in [0.25, 0.3) is 0 Å². The van der Waals surface area contributed by atoms with Crippen LogP contribution in [0.2, 0.25) is 5.02 Å². The van der Waals surface area contributed by atoms with Crippen molar-refractivity contribution >= 4 is 41.5 Å². The molecule has 27 heavy (non-hydrogen) atoms. The van der Waals surface area contributed by atoms with Crippen LogP contribution in [-0.2, 0) is 5.41 Å². The van der Waals surface area contributed by atoms with E-state index in [1.807, 2.05) is 12.1 Å². The Kier molecular flexibility index (Phi) is 7.27. The minimum Gasteiger partial charge on any atom is -0.357 e. The van der Waals surface area contributed by atoms with Gasteiger partial charge in [0.15, 0.2) is 5.96 Å². The zero-order chi connectivity index (χ0) is 18.0. The Morgan fingerprint density at radius 1 is 1.22 bits per heavy atom. The van der Waals surface area contributed by atoms with Crippen LogP contribution in [0.3, 0.4) is 0 Å². The van der Waals surface area contributed by atoms with E-state index in [4.69, 9.17) is 16.6 Å². The Balaban J connectivity index is 0.00000210. The maximum atomic E-state index is 6.19. The SMILES string of the molecule is CCNC(=NCC1(c2cccc(Cl)c2)CC1)NCC1CN2CCN1CC2.I. The highest BCUT2D eigenvalue weighted by atomic mass is 127. The Bertz CT molecular complexity index is 656. The molecule has 5 nitrogen and oxygen atoms in total. The second-order valence-electron chi connectivity index (χ2n) is 7.86. The van der Waals surface area contributed by atoms with E-state index in [1.165, 1.54) is 51.1 Å². The molecule has 0 amide bonds. The van der Waals surface area contributed by atoms with Gasteiger partial charge >= 0.3 is 0 Å². The van der Waals surface area contributed by atoms with Gasteiger partial charge in [0.05, 0.1) is 6.54 Å². The van der Waals surface area contributed by atoms with Crippen LogP contribution in [0.15, 0.2) is 29.3 Å². The number of hydrogen-bond acceptors (Lipinski definition) is 3. The largest absolute Gasteiger partial charge is 0.357 e. The monoisotopic (exact) mass is 503 g/mol. The molecule has 2 N–H and O–H groups in total. The minimum absolute atomic E-state index is 0. The molecule has 1 atom stereocenters. The zero-order valence-corrected chi connectivity index (χ0v) is 19.2. The summed E-state index contributed by atoms with van der Waals surface area (Å²) >= 11 is 6.19. The first-order chi connectivity index (χ1) is 12.7. The lowest BCUT2D eigenvalue weighted by Crippen LogP contribution is -2.63. The third-order valence-corrected chi connectivity index (χ3v) is 6.31. The molecule has 0 radical (unpaired) electrons. The first-order valence-corrected chi connectivity index (χ1v) is 10.3. The molecule has 3 saturated heterocycles. The van der Waals surface area contributed by atoms with Crippen LogP contribution in [0.5, 0.6) is 0 Å². The maximum absolute atomic E-state index is 6.19. The molecule has 1 unspecified atom stereocenters. The predicted molar refractivity (Wildman–Crippen MR) is 124 cm³/mol. The number of nitrogens with one attached hydrogen (secondary N) is 2. The third-order valence-electron chi connectivity index (χ3n) is 6.07. The number of halogens is 2. The van der Waals surface area contributed by atoms with Gasteiger partial charge in [0.1, 0.15) is 0 Å². The van der Waals surface area contributed by atoms with Crippen LogP contribution >= 0.6 is 35.6 Å². The highest BCUT2D eigenvalue weighted by Gasteiger charge is 2.44. The van der Waals surface area contributed by atoms with Gasteiger partial charge in [-0.05, 0) is 37.5 Å². The quantitative estimate of drug-likeness (QED) is 0.356. The van der Waals surface area contributed by atoms with Gasteiger partial charge in [0, 0.05) is 62.3 Å². The summed E-state index contributed by atoms with van der Waals surface area (Å²) in [5, 5.41) is 7.81. The highest BCUT2D eigenvalue weighted by molar-refractivity contribution is 14.0. The number of benzene rings is 1. The van der Waals surface area contributed by atoms with Crippen molar-refractivity contribution < 1.29 is 0 Å². The van der Waals surface area contributed by atoms with Crippen molar-refractivity contribution in [1.29, 1.82) is 0 Å². The van der Waals surface area contributed by atoms with Gasteiger partial charge in [-0.1, -0.05) is 23.7 Å². The smallest absolute Gasteiger partial charge is 0.191 e. The molecule has 1 aliphatic carbocycles. The Labute approximate surface area is 184 Å². The van der Waals surface area contributed by atoms with Crippen molar-refractivity contribution in [1.82, 2.24) is 20.4 Å². The fourth-order valence-corrected chi connectivity index (χ4v) is 4.40. The molecule has 1 aromatic rings. The minimum atomic E-state index is 0. The molecule has 0 spiro atoms. The lowest BCUT2D eigenvalue weighted by atomic mass is 9.96.